The monoisotopic (exact) mass is 381 g/mol. The fourth-order valence-corrected chi connectivity index (χ4v) is 3.47. The summed E-state index contributed by atoms with van der Waals surface area (Å²) in [5.74, 6) is -0.179. The van der Waals surface area contributed by atoms with Crippen molar-refractivity contribution in [3.63, 3.8) is 0 Å². The third-order valence-electron chi connectivity index (χ3n) is 3.98. The van der Waals surface area contributed by atoms with E-state index in [1.807, 2.05) is 50.2 Å². The largest absolute Gasteiger partial charge is 0.312 e. The number of anilines is 1. The van der Waals surface area contributed by atoms with E-state index in [9.17, 15) is 9.18 Å². The van der Waals surface area contributed by atoms with Gasteiger partial charge in [0.1, 0.15) is 5.82 Å². The predicted molar refractivity (Wildman–Crippen MR) is 107 cm³/mol. The number of thioether (sulfide) groups is 1. The molecular weight excluding hydrogens is 361 g/mol. The van der Waals surface area contributed by atoms with Gasteiger partial charge in [-0.15, -0.1) is 0 Å². The zero-order valence-electron chi connectivity index (χ0n) is 15.2. The van der Waals surface area contributed by atoms with Gasteiger partial charge < -0.3 is 4.90 Å². The maximum absolute atomic E-state index is 13.1. The van der Waals surface area contributed by atoms with Crippen LogP contribution in [-0.4, -0.2) is 28.2 Å². The normalized spacial score (nSPS) is 10.6. The lowest BCUT2D eigenvalue weighted by Crippen LogP contribution is -2.32. The van der Waals surface area contributed by atoms with Crippen LogP contribution in [0.3, 0.4) is 0 Å². The van der Waals surface area contributed by atoms with Crippen molar-refractivity contribution >= 4 is 23.4 Å². The molecule has 3 aromatic rings. The van der Waals surface area contributed by atoms with Crippen LogP contribution in [0, 0.1) is 12.7 Å². The van der Waals surface area contributed by atoms with Gasteiger partial charge in [-0.25, -0.2) is 14.4 Å². The molecule has 0 bridgehead atoms. The lowest BCUT2D eigenvalue weighted by molar-refractivity contribution is -0.116. The summed E-state index contributed by atoms with van der Waals surface area (Å²) in [6.45, 7) is 4.31. The Morgan fingerprint density at radius 1 is 1.07 bits per heavy atom. The van der Waals surface area contributed by atoms with E-state index in [1.54, 1.807) is 17.0 Å². The molecule has 2 aromatic carbocycles. The third kappa shape index (κ3) is 4.92. The molecule has 0 fully saturated rings. The first-order valence-electron chi connectivity index (χ1n) is 8.66. The highest BCUT2D eigenvalue weighted by Gasteiger charge is 2.15. The number of carbonyl (C=O) groups excluding carboxylic acids is 1. The number of hydrogen-bond donors (Lipinski definition) is 0. The summed E-state index contributed by atoms with van der Waals surface area (Å²) in [5.41, 5.74) is 3.38. The molecule has 0 saturated carbocycles. The first-order valence-corrected chi connectivity index (χ1v) is 9.65. The smallest absolute Gasteiger partial charge is 0.237 e. The van der Waals surface area contributed by atoms with E-state index in [-0.39, 0.29) is 17.5 Å². The molecule has 0 saturated heterocycles. The summed E-state index contributed by atoms with van der Waals surface area (Å²) in [6, 6.07) is 17.7. The molecule has 1 aromatic heterocycles. The number of aromatic nitrogens is 2. The number of rotatable bonds is 6. The maximum atomic E-state index is 13.1. The van der Waals surface area contributed by atoms with Crippen molar-refractivity contribution in [2.24, 2.45) is 0 Å². The Labute approximate surface area is 162 Å². The number of amides is 1. The summed E-state index contributed by atoms with van der Waals surface area (Å²) < 4.78 is 13.1. The van der Waals surface area contributed by atoms with E-state index in [2.05, 4.69) is 9.97 Å². The molecule has 3 rings (SSSR count). The van der Waals surface area contributed by atoms with Crippen LogP contribution in [0.15, 0.2) is 65.8 Å². The molecule has 0 aliphatic heterocycles. The summed E-state index contributed by atoms with van der Waals surface area (Å²) in [4.78, 5) is 23.3. The molecule has 0 N–H and O–H groups in total. The Morgan fingerprint density at radius 3 is 2.44 bits per heavy atom. The Hall–Kier alpha value is -2.73. The fraction of sp³-hybridized carbons (Fsp3) is 0.190. The predicted octanol–water partition coefficient (Wildman–Crippen LogP) is 4.74. The number of benzene rings is 2. The minimum absolute atomic E-state index is 0.0690. The molecule has 0 atom stereocenters. The van der Waals surface area contributed by atoms with Crippen LogP contribution in [0.5, 0.6) is 0 Å². The van der Waals surface area contributed by atoms with Crippen molar-refractivity contribution in [3.8, 4) is 11.3 Å². The molecular formula is C21H20FN3OS. The minimum atomic E-state index is -0.321. The number of hydrogen-bond acceptors (Lipinski definition) is 4. The standard InChI is InChI=1S/C21H20FN3OS/c1-3-25(18-11-9-17(22)10-12-18)20(26)14-27-21-23-15(2)13-19(24-21)16-7-5-4-6-8-16/h4-13H,3,14H2,1-2H3. The molecule has 27 heavy (non-hydrogen) atoms. The first kappa shape index (κ1) is 19.0. The first-order chi connectivity index (χ1) is 13.1. The van der Waals surface area contributed by atoms with Gasteiger partial charge in [0.15, 0.2) is 5.16 Å². The van der Waals surface area contributed by atoms with Crippen LogP contribution in [0.4, 0.5) is 10.1 Å². The molecule has 1 heterocycles. The summed E-state index contributed by atoms with van der Waals surface area (Å²) in [5, 5.41) is 0.567. The van der Waals surface area contributed by atoms with Gasteiger partial charge in [0.25, 0.3) is 0 Å². The summed E-state index contributed by atoms with van der Waals surface area (Å²) in [7, 11) is 0. The highest BCUT2D eigenvalue weighted by molar-refractivity contribution is 7.99. The Balaban J connectivity index is 1.73. The Bertz CT molecular complexity index is 916. The van der Waals surface area contributed by atoms with Crippen LogP contribution in [0.2, 0.25) is 0 Å². The molecule has 0 aliphatic carbocycles. The highest BCUT2D eigenvalue weighted by atomic mass is 32.2. The maximum Gasteiger partial charge on any atom is 0.237 e. The molecule has 6 heteroatoms. The average Bonchev–Trinajstić information content (AvgIpc) is 2.69. The van der Waals surface area contributed by atoms with E-state index in [0.717, 1.165) is 17.0 Å². The van der Waals surface area contributed by atoms with Crippen molar-refractivity contribution in [2.75, 3.05) is 17.2 Å². The summed E-state index contributed by atoms with van der Waals surface area (Å²) >= 11 is 1.31. The van der Waals surface area contributed by atoms with Crippen molar-refractivity contribution in [3.05, 3.63) is 72.2 Å². The van der Waals surface area contributed by atoms with Crippen LogP contribution < -0.4 is 4.90 Å². The van der Waals surface area contributed by atoms with Crippen molar-refractivity contribution < 1.29 is 9.18 Å². The number of nitrogens with zero attached hydrogens (tertiary/aromatic N) is 3. The lowest BCUT2D eigenvalue weighted by Gasteiger charge is -2.20. The van der Waals surface area contributed by atoms with E-state index in [1.165, 1.54) is 23.9 Å². The molecule has 0 aliphatic rings. The molecule has 0 spiro atoms. The van der Waals surface area contributed by atoms with Crippen LogP contribution in [0.25, 0.3) is 11.3 Å². The zero-order chi connectivity index (χ0) is 19.2. The number of aryl methyl sites for hydroxylation is 1. The molecule has 138 valence electrons. The van der Waals surface area contributed by atoms with E-state index < -0.39 is 0 Å². The van der Waals surface area contributed by atoms with E-state index in [0.29, 0.717) is 17.4 Å². The van der Waals surface area contributed by atoms with Crippen LogP contribution in [0.1, 0.15) is 12.6 Å². The number of halogens is 1. The van der Waals surface area contributed by atoms with Gasteiger partial charge in [-0.05, 0) is 44.2 Å². The van der Waals surface area contributed by atoms with Crippen molar-refractivity contribution in [1.82, 2.24) is 9.97 Å². The second kappa shape index (κ2) is 8.77. The Kier molecular flexibility index (Phi) is 6.19. The highest BCUT2D eigenvalue weighted by Crippen LogP contribution is 2.23. The Morgan fingerprint density at radius 2 is 1.78 bits per heavy atom. The van der Waals surface area contributed by atoms with Crippen molar-refractivity contribution in [1.29, 1.82) is 0 Å². The summed E-state index contributed by atoms with van der Waals surface area (Å²) in [6.07, 6.45) is 0. The zero-order valence-corrected chi connectivity index (χ0v) is 16.0. The topological polar surface area (TPSA) is 46.1 Å². The van der Waals surface area contributed by atoms with Gasteiger partial charge in [-0.3, -0.25) is 4.79 Å². The lowest BCUT2D eigenvalue weighted by atomic mass is 10.1. The number of carbonyl (C=O) groups is 1. The van der Waals surface area contributed by atoms with Crippen LogP contribution >= 0.6 is 11.8 Å². The van der Waals surface area contributed by atoms with Gasteiger partial charge in [0, 0.05) is 23.5 Å². The van der Waals surface area contributed by atoms with Gasteiger partial charge in [-0.2, -0.15) is 0 Å². The van der Waals surface area contributed by atoms with Gasteiger partial charge in [-0.1, -0.05) is 42.1 Å². The molecule has 4 nitrogen and oxygen atoms in total. The minimum Gasteiger partial charge on any atom is -0.312 e. The van der Waals surface area contributed by atoms with Gasteiger partial charge >= 0.3 is 0 Å². The quantitative estimate of drug-likeness (QED) is 0.457. The fourth-order valence-electron chi connectivity index (χ4n) is 2.69. The molecule has 0 radical (unpaired) electrons. The second-order valence-electron chi connectivity index (χ2n) is 5.95. The average molecular weight is 381 g/mol. The molecule has 1 amide bonds. The third-order valence-corrected chi connectivity index (χ3v) is 4.82. The van der Waals surface area contributed by atoms with Crippen molar-refractivity contribution in [2.45, 2.75) is 19.0 Å². The van der Waals surface area contributed by atoms with Gasteiger partial charge in [0.2, 0.25) is 5.91 Å². The van der Waals surface area contributed by atoms with E-state index in [4.69, 9.17) is 0 Å². The van der Waals surface area contributed by atoms with E-state index >= 15 is 0 Å². The second-order valence-corrected chi connectivity index (χ2v) is 6.89. The van der Waals surface area contributed by atoms with Gasteiger partial charge in [0.05, 0.1) is 11.4 Å². The molecule has 0 unspecified atom stereocenters. The SMILES string of the molecule is CCN(C(=O)CSc1nc(C)cc(-c2ccccc2)n1)c1ccc(F)cc1. The van der Waals surface area contributed by atoms with Crippen LogP contribution in [-0.2, 0) is 4.79 Å².